The maximum atomic E-state index is 12.4. The summed E-state index contributed by atoms with van der Waals surface area (Å²) in [5.74, 6) is 0.688. The maximum absolute atomic E-state index is 12.4. The van der Waals surface area contributed by atoms with Gasteiger partial charge in [0, 0.05) is 30.2 Å². The third-order valence-corrected chi connectivity index (χ3v) is 7.60. The van der Waals surface area contributed by atoms with Crippen LogP contribution in [0.1, 0.15) is 72.5 Å². The zero-order valence-electron chi connectivity index (χ0n) is 20.5. The first kappa shape index (κ1) is 24.0. The Hall–Kier alpha value is -2.73. The zero-order valence-corrected chi connectivity index (χ0v) is 20.5. The highest BCUT2D eigenvalue weighted by Gasteiger charge is 2.25. The van der Waals surface area contributed by atoms with E-state index in [1.54, 1.807) is 0 Å². The molecule has 1 saturated heterocycles. The molecule has 3 aromatic rings. The number of carbonyl (C=O) groups is 1. The molecule has 5 nitrogen and oxygen atoms in total. The Labute approximate surface area is 208 Å². The molecule has 1 aliphatic carbocycles. The highest BCUT2D eigenvalue weighted by atomic mass is 16.7. The summed E-state index contributed by atoms with van der Waals surface area (Å²) >= 11 is 0. The molecule has 4 unspecified atom stereocenters. The molecule has 2 aliphatic rings. The van der Waals surface area contributed by atoms with Crippen LogP contribution in [0.2, 0.25) is 0 Å². The summed E-state index contributed by atoms with van der Waals surface area (Å²) < 4.78 is 5.34. The SMILES string of the molecule is CC(NC1CCCC(c2ccc(C(=O)NOCC3CCOC3)cc2)C1)c1cccc2ccccc12. The lowest BCUT2D eigenvalue weighted by Crippen LogP contribution is -2.35. The molecule has 1 amide bonds. The van der Waals surface area contributed by atoms with Gasteiger partial charge in [-0.15, -0.1) is 0 Å². The van der Waals surface area contributed by atoms with Crippen LogP contribution < -0.4 is 10.8 Å². The Morgan fingerprint density at radius 1 is 1.03 bits per heavy atom. The summed E-state index contributed by atoms with van der Waals surface area (Å²) in [5, 5.41) is 6.54. The summed E-state index contributed by atoms with van der Waals surface area (Å²) in [6.45, 7) is 4.27. The first-order valence-electron chi connectivity index (χ1n) is 13.0. The van der Waals surface area contributed by atoms with Crippen LogP contribution in [0.4, 0.5) is 0 Å². The molecule has 0 bridgehead atoms. The van der Waals surface area contributed by atoms with Crippen molar-refractivity contribution in [2.45, 2.75) is 57.0 Å². The third-order valence-electron chi connectivity index (χ3n) is 7.60. The van der Waals surface area contributed by atoms with Gasteiger partial charge in [-0.3, -0.25) is 9.63 Å². The summed E-state index contributed by atoms with van der Waals surface area (Å²) in [6.07, 6.45) is 5.72. The van der Waals surface area contributed by atoms with Gasteiger partial charge in [0.05, 0.1) is 13.2 Å². The second kappa shape index (κ2) is 11.3. The Kier molecular flexibility index (Phi) is 7.77. The van der Waals surface area contributed by atoms with E-state index in [-0.39, 0.29) is 5.91 Å². The van der Waals surface area contributed by atoms with Crippen molar-refractivity contribution in [1.82, 2.24) is 10.8 Å². The van der Waals surface area contributed by atoms with Crippen molar-refractivity contribution >= 4 is 16.7 Å². The fourth-order valence-corrected chi connectivity index (χ4v) is 5.62. The van der Waals surface area contributed by atoms with Crippen molar-refractivity contribution in [3.63, 3.8) is 0 Å². The fourth-order valence-electron chi connectivity index (χ4n) is 5.62. The van der Waals surface area contributed by atoms with Crippen molar-refractivity contribution in [2.24, 2.45) is 5.92 Å². The molecule has 5 rings (SSSR count). The monoisotopic (exact) mass is 472 g/mol. The predicted molar refractivity (Wildman–Crippen MR) is 139 cm³/mol. The van der Waals surface area contributed by atoms with Gasteiger partial charge in [0.1, 0.15) is 0 Å². The molecular weight excluding hydrogens is 436 g/mol. The Morgan fingerprint density at radius 2 is 1.86 bits per heavy atom. The van der Waals surface area contributed by atoms with Crippen LogP contribution >= 0.6 is 0 Å². The molecule has 2 N–H and O–H groups in total. The normalized spacial score (nSPS) is 23.3. The average molecular weight is 473 g/mol. The van der Waals surface area contributed by atoms with E-state index >= 15 is 0 Å². The second-order valence-corrected chi connectivity index (χ2v) is 10.1. The van der Waals surface area contributed by atoms with Gasteiger partial charge in [0.15, 0.2) is 0 Å². The minimum Gasteiger partial charge on any atom is -0.381 e. The average Bonchev–Trinajstić information content (AvgIpc) is 3.42. The number of benzene rings is 3. The lowest BCUT2D eigenvalue weighted by molar-refractivity contribution is 0.0145. The van der Waals surface area contributed by atoms with E-state index < -0.39 is 0 Å². The number of carbonyl (C=O) groups excluding carboxylic acids is 1. The minimum atomic E-state index is -0.192. The molecule has 0 spiro atoms. The topological polar surface area (TPSA) is 59.6 Å². The maximum Gasteiger partial charge on any atom is 0.274 e. The summed E-state index contributed by atoms with van der Waals surface area (Å²) in [6, 6.07) is 24.1. The number of ether oxygens (including phenoxy) is 1. The van der Waals surface area contributed by atoms with Crippen molar-refractivity contribution in [2.75, 3.05) is 19.8 Å². The van der Waals surface area contributed by atoms with E-state index in [9.17, 15) is 4.79 Å². The molecule has 35 heavy (non-hydrogen) atoms. The highest BCUT2D eigenvalue weighted by molar-refractivity contribution is 5.93. The molecule has 1 saturated carbocycles. The van der Waals surface area contributed by atoms with Gasteiger partial charge in [-0.25, -0.2) is 5.48 Å². The largest absolute Gasteiger partial charge is 0.381 e. The summed E-state index contributed by atoms with van der Waals surface area (Å²) in [7, 11) is 0. The molecule has 2 fully saturated rings. The molecule has 1 aliphatic heterocycles. The standard InChI is InChI=1S/C30H36N2O3/c1-21(28-11-5-7-24-6-2-3-10-29(24)28)31-27-9-4-8-26(18-27)23-12-14-25(15-13-23)30(33)32-35-20-22-16-17-34-19-22/h2-3,5-7,10-15,21-22,26-27,31H,4,8-9,16-20H2,1H3,(H,32,33). The van der Waals surface area contributed by atoms with E-state index in [2.05, 4.69) is 72.3 Å². The van der Waals surface area contributed by atoms with Gasteiger partial charge in [-0.2, -0.15) is 0 Å². The third kappa shape index (κ3) is 5.92. The number of amides is 1. The first-order chi connectivity index (χ1) is 17.2. The van der Waals surface area contributed by atoms with E-state index in [0.29, 0.717) is 42.7 Å². The summed E-state index contributed by atoms with van der Waals surface area (Å²) in [4.78, 5) is 17.8. The van der Waals surface area contributed by atoms with Crippen LogP contribution in [0.15, 0.2) is 66.7 Å². The molecule has 0 radical (unpaired) electrons. The number of hydroxylamine groups is 1. The molecule has 0 aromatic heterocycles. The number of rotatable bonds is 8. The van der Waals surface area contributed by atoms with Gasteiger partial charge in [0.2, 0.25) is 0 Å². The van der Waals surface area contributed by atoms with Crippen molar-refractivity contribution in [1.29, 1.82) is 0 Å². The number of hydrogen-bond donors (Lipinski definition) is 2. The van der Waals surface area contributed by atoms with Gasteiger partial charge < -0.3 is 10.1 Å². The van der Waals surface area contributed by atoms with Gasteiger partial charge in [-0.05, 0) is 72.6 Å². The van der Waals surface area contributed by atoms with Crippen molar-refractivity contribution in [3.8, 4) is 0 Å². The lowest BCUT2D eigenvalue weighted by atomic mass is 9.80. The van der Waals surface area contributed by atoms with Gasteiger partial charge in [0.25, 0.3) is 5.91 Å². The number of nitrogens with one attached hydrogen (secondary N) is 2. The molecule has 3 aromatic carbocycles. The first-order valence-corrected chi connectivity index (χ1v) is 13.0. The Morgan fingerprint density at radius 3 is 2.69 bits per heavy atom. The van der Waals surface area contributed by atoms with Crippen LogP contribution in [-0.4, -0.2) is 31.8 Å². The molecule has 4 atom stereocenters. The van der Waals surface area contributed by atoms with Crippen LogP contribution in [0.25, 0.3) is 10.8 Å². The molecule has 1 heterocycles. The van der Waals surface area contributed by atoms with Crippen LogP contribution in [0.5, 0.6) is 0 Å². The molecule has 5 heteroatoms. The van der Waals surface area contributed by atoms with Crippen LogP contribution in [0, 0.1) is 5.92 Å². The molecular formula is C30H36N2O3. The van der Waals surface area contributed by atoms with E-state index in [4.69, 9.17) is 9.57 Å². The zero-order chi connectivity index (χ0) is 24.0. The van der Waals surface area contributed by atoms with E-state index in [1.165, 1.54) is 41.2 Å². The smallest absolute Gasteiger partial charge is 0.274 e. The lowest BCUT2D eigenvalue weighted by Gasteiger charge is -2.32. The Balaban J connectivity index is 1.16. The Bertz CT molecular complexity index is 1120. The second-order valence-electron chi connectivity index (χ2n) is 10.1. The van der Waals surface area contributed by atoms with Crippen LogP contribution in [-0.2, 0) is 9.57 Å². The van der Waals surface area contributed by atoms with E-state index in [0.717, 1.165) is 19.4 Å². The molecule has 184 valence electrons. The van der Waals surface area contributed by atoms with Crippen molar-refractivity contribution in [3.05, 3.63) is 83.4 Å². The van der Waals surface area contributed by atoms with Crippen LogP contribution in [0.3, 0.4) is 0 Å². The van der Waals surface area contributed by atoms with Gasteiger partial charge in [-0.1, -0.05) is 61.0 Å². The fraction of sp³-hybridized carbons (Fsp3) is 0.433. The quantitative estimate of drug-likeness (QED) is 0.400. The number of fused-ring (bicyclic) bond motifs is 1. The van der Waals surface area contributed by atoms with E-state index in [1.807, 2.05) is 12.1 Å². The highest BCUT2D eigenvalue weighted by Crippen LogP contribution is 2.34. The summed E-state index contributed by atoms with van der Waals surface area (Å²) in [5.41, 5.74) is 5.89. The predicted octanol–water partition coefficient (Wildman–Crippen LogP) is 5.91. The number of hydrogen-bond acceptors (Lipinski definition) is 4. The van der Waals surface area contributed by atoms with Crippen molar-refractivity contribution < 1.29 is 14.4 Å². The minimum absolute atomic E-state index is 0.192. The van der Waals surface area contributed by atoms with Gasteiger partial charge >= 0.3 is 0 Å².